The molecule has 0 N–H and O–H groups in total. The molecule has 0 aliphatic carbocycles. The first-order chi connectivity index (χ1) is 11.1. The molecule has 2 aromatic rings. The monoisotopic (exact) mass is 329 g/mol. The number of pyridine rings is 1. The molecule has 0 bridgehead atoms. The Bertz CT molecular complexity index is 687. The predicted molar refractivity (Wildman–Crippen MR) is 88.6 cm³/mol. The first-order valence-corrected chi connectivity index (χ1v) is 8.44. The number of likely N-dealkylation sites (tertiary alicyclic amines) is 1. The Balaban J connectivity index is 1.81. The summed E-state index contributed by atoms with van der Waals surface area (Å²) in [6, 6.07) is 5.53. The number of thiophene rings is 1. The topological polar surface area (TPSA) is 53.5 Å². The van der Waals surface area contributed by atoms with E-state index in [-0.39, 0.29) is 30.2 Å². The summed E-state index contributed by atoms with van der Waals surface area (Å²) >= 11 is 1.62. The van der Waals surface area contributed by atoms with Crippen molar-refractivity contribution in [2.24, 2.45) is 5.92 Å². The van der Waals surface area contributed by atoms with Crippen molar-refractivity contribution >= 4 is 23.2 Å². The van der Waals surface area contributed by atoms with Crippen molar-refractivity contribution in [3.63, 3.8) is 0 Å². The lowest BCUT2D eigenvalue weighted by Gasteiger charge is -2.27. The summed E-state index contributed by atoms with van der Waals surface area (Å²) in [4.78, 5) is 32.5. The highest BCUT2D eigenvalue weighted by atomic mass is 32.1. The van der Waals surface area contributed by atoms with Crippen LogP contribution in [0.5, 0.6) is 0 Å². The maximum Gasteiger partial charge on any atom is 0.228 e. The summed E-state index contributed by atoms with van der Waals surface area (Å²) in [5.41, 5.74) is 2.02. The summed E-state index contributed by atoms with van der Waals surface area (Å²) in [5, 5.41) is 4.03. The van der Waals surface area contributed by atoms with Gasteiger partial charge < -0.3 is 9.80 Å². The SMILES string of the molecule is CN(Cc1ccsc1)C(=O)C1CC(=O)N(C)C1c1cccnc1. The molecular weight excluding hydrogens is 310 g/mol. The molecule has 3 rings (SSSR count). The minimum Gasteiger partial charge on any atom is -0.341 e. The highest BCUT2D eigenvalue weighted by Crippen LogP contribution is 2.37. The van der Waals surface area contributed by atoms with E-state index in [1.807, 2.05) is 29.0 Å². The average molecular weight is 329 g/mol. The molecule has 23 heavy (non-hydrogen) atoms. The van der Waals surface area contributed by atoms with Gasteiger partial charge in [-0.25, -0.2) is 0 Å². The van der Waals surface area contributed by atoms with Gasteiger partial charge in [0.1, 0.15) is 0 Å². The molecule has 3 heterocycles. The van der Waals surface area contributed by atoms with Crippen LogP contribution in [0, 0.1) is 5.92 Å². The first-order valence-electron chi connectivity index (χ1n) is 7.49. The largest absolute Gasteiger partial charge is 0.341 e. The van der Waals surface area contributed by atoms with Crippen LogP contribution < -0.4 is 0 Å². The fraction of sp³-hybridized carbons (Fsp3) is 0.353. The minimum atomic E-state index is -0.361. The van der Waals surface area contributed by atoms with E-state index < -0.39 is 0 Å². The van der Waals surface area contributed by atoms with Crippen LogP contribution in [-0.2, 0) is 16.1 Å². The van der Waals surface area contributed by atoms with Crippen LogP contribution in [0.25, 0.3) is 0 Å². The minimum absolute atomic E-state index is 0.00105. The second kappa shape index (κ2) is 6.50. The third kappa shape index (κ3) is 3.12. The third-order valence-electron chi connectivity index (χ3n) is 4.31. The quantitative estimate of drug-likeness (QED) is 0.865. The van der Waals surface area contributed by atoms with Crippen LogP contribution in [0.4, 0.5) is 0 Å². The Labute approximate surface area is 139 Å². The van der Waals surface area contributed by atoms with Gasteiger partial charge in [0.15, 0.2) is 0 Å². The number of carbonyl (C=O) groups is 2. The smallest absolute Gasteiger partial charge is 0.228 e. The molecule has 1 saturated heterocycles. The zero-order chi connectivity index (χ0) is 16.4. The van der Waals surface area contributed by atoms with Gasteiger partial charge in [0.25, 0.3) is 0 Å². The number of hydrogen-bond donors (Lipinski definition) is 0. The van der Waals surface area contributed by atoms with E-state index in [0.717, 1.165) is 11.1 Å². The van der Waals surface area contributed by atoms with E-state index in [4.69, 9.17) is 0 Å². The Kier molecular flexibility index (Phi) is 4.43. The van der Waals surface area contributed by atoms with Crippen LogP contribution in [-0.4, -0.2) is 40.7 Å². The second-order valence-electron chi connectivity index (χ2n) is 5.87. The van der Waals surface area contributed by atoms with Crippen LogP contribution in [0.15, 0.2) is 41.4 Å². The lowest BCUT2D eigenvalue weighted by Crippen LogP contribution is -2.35. The summed E-state index contributed by atoms with van der Waals surface area (Å²) in [7, 11) is 3.55. The van der Waals surface area contributed by atoms with Gasteiger partial charge in [0.05, 0.1) is 12.0 Å². The summed E-state index contributed by atoms with van der Waals surface area (Å²) in [5.74, 6) is -0.357. The van der Waals surface area contributed by atoms with Gasteiger partial charge in [0, 0.05) is 39.5 Å². The molecule has 2 atom stereocenters. The van der Waals surface area contributed by atoms with Gasteiger partial charge in [-0.05, 0) is 34.0 Å². The van der Waals surface area contributed by atoms with Crippen molar-refractivity contribution < 1.29 is 9.59 Å². The molecule has 0 spiro atoms. The summed E-state index contributed by atoms with van der Waals surface area (Å²) in [6.45, 7) is 0.566. The van der Waals surface area contributed by atoms with E-state index in [0.29, 0.717) is 6.54 Å². The number of rotatable bonds is 4. The Morgan fingerprint density at radius 2 is 2.30 bits per heavy atom. The molecule has 0 saturated carbocycles. The molecule has 2 aromatic heterocycles. The van der Waals surface area contributed by atoms with Crippen LogP contribution >= 0.6 is 11.3 Å². The van der Waals surface area contributed by atoms with E-state index in [9.17, 15) is 9.59 Å². The number of aromatic nitrogens is 1. The third-order valence-corrected chi connectivity index (χ3v) is 5.04. The molecule has 2 unspecified atom stereocenters. The number of amides is 2. The lowest BCUT2D eigenvalue weighted by atomic mass is 9.93. The van der Waals surface area contributed by atoms with E-state index >= 15 is 0 Å². The Morgan fingerprint density at radius 3 is 2.96 bits per heavy atom. The van der Waals surface area contributed by atoms with Crippen LogP contribution in [0.3, 0.4) is 0 Å². The van der Waals surface area contributed by atoms with E-state index in [1.54, 1.807) is 47.6 Å². The summed E-state index contributed by atoms with van der Waals surface area (Å²) < 4.78 is 0. The normalized spacial score (nSPS) is 20.8. The van der Waals surface area contributed by atoms with Crippen molar-refractivity contribution in [1.29, 1.82) is 0 Å². The molecule has 0 radical (unpaired) electrons. The van der Waals surface area contributed by atoms with Gasteiger partial charge in [0.2, 0.25) is 11.8 Å². The standard InChI is InChI=1S/C17H19N3O2S/c1-19(10-12-5-7-23-11-12)17(22)14-8-15(21)20(2)16(14)13-4-3-6-18-9-13/h3-7,9,11,14,16H,8,10H2,1-2H3. The number of carbonyl (C=O) groups excluding carboxylic acids is 2. The van der Waals surface area contributed by atoms with Gasteiger partial charge in [-0.3, -0.25) is 14.6 Å². The van der Waals surface area contributed by atoms with Gasteiger partial charge >= 0.3 is 0 Å². The van der Waals surface area contributed by atoms with Gasteiger partial charge in [-0.2, -0.15) is 11.3 Å². The second-order valence-corrected chi connectivity index (χ2v) is 6.65. The van der Waals surface area contributed by atoms with Gasteiger partial charge in [-0.15, -0.1) is 0 Å². The maximum absolute atomic E-state index is 12.9. The van der Waals surface area contributed by atoms with Gasteiger partial charge in [-0.1, -0.05) is 6.07 Å². The highest BCUT2D eigenvalue weighted by molar-refractivity contribution is 7.07. The summed E-state index contributed by atoms with van der Waals surface area (Å²) in [6.07, 6.45) is 3.68. The number of hydrogen-bond acceptors (Lipinski definition) is 4. The Hall–Kier alpha value is -2.21. The fourth-order valence-corrected chi connectivity index (χ4v) is 3.78. The van der Waals surface area contributed by atoms with E-state index in [1.165, 1.54) is 0 Å². The lowest BCUT2D eigenvalue weighted by molar-refractivity contribution is -0.135. The maximum atomic E-state index is 12.9. The molecular formula is C17H19N3O2S. The Morgan fingerprint density at radius 1 is 1.48 bits per heavy atom. The fourth-order valence-electron chi connectivity index (χ4n) is 3.12. The van der Waals surface area contributed by atoms with E-state index in [2.05, 4.69) is 4.98 Å². The zero-order valence-corrected chi connectivity index (χ0v) is 14.0. The van der Waals surface area contributed by atoms with Crippen molar-refractivity contribution in [3.05, 3.63) is 52.5 Å². The van der Waals surface area contributed by atoms with Crippen LogP contribution in [0.2, 0.25) is 0 Å². The highest BCUT2D eigenvalue weighted by Gasteiger charge is 2.43. The zero-order valence-electron chi connectivity index (χ0n) is 13.2. The predicted octanol–water partition coefficient (Wildman–Crippen LogP) is 2.32. The first kappa shape index (κ1) is 15.7. The molecule has 5 nitrogen and oxygen atoms in total. The molecule has 1 aliphatic rings. The molecule has 120 valence electrons. The average Bonchev–Trinajstić information content (AvgIpc) is 3.16. The molecule has 1 aliphatic heterocycles. The van der Waals surface area contributed by atoms with Crippen LogP contribution in [0.1, 0.15) is 23.6 Å². The van der Waals surface area contributed by atoms with Crippen molar-refractivity contribution in [3.8, 4) is 0 Å². The molecule has 6 heteroatoms. The van der Waals surface area contributed by atoms with Crippen molar-refractivity contribution in [2.45, 2.75) is 19.0 Å². The number of nitrogens with zero attached hydrogens (tertiary/aromatic N) is 3. The molecule has 1 fully saturated rings. The van der Waals surface area contributed by atoms with Crippen molar-refractivity contribution in [2.75, 3.05) is 14.1 Å². The molecule has 2 amide bonds. The molecule has 0 aromatic carbocycles. The van der Waals surface area contributed by atoms with Crippen molar-refractivity contribution in [1.82, 2.24) is 14.8 Å².